The van der Waals surface area contributed by atoms with Crippen molar-refractivity contribution in [2.45, 2.75) is 19.9 Å². The van der Waals surface area contributed by atoms with Gasteiger partial charge in [0.05, 0.1) is 13.0 Å². The minimum absolute atomic E-state index is 0.0252. The highest BCUT2D eigenvalue weighted by Gasteiger charge is 2.23. The van der Waals surface area contributed by atoms with Crippen LogP contribution in [0.25, 0.3) is 10.9 Å². The fourth-order valence-corrected chi connectivity index (χ4v) is 3.19. The topological polar surface area (TPSA) is 99.4 Å². The number of para-hydroxylation sites is 1. The van der Waals surface area contributed by atoms with E-state index in [1.54, 1.807) is 4.90 Å². The largest absolute Gasteiger partial charge is 0.395 e. The zero-order valence-electron chi connectivity index (χ0n) is 15.2. The Morgan fingerprint density at radius 2 is 1.81 bits per heavy atom. The van der Waals surface area contributed by atoms with E-state index < -0.39 is 5.91 Å². The minimum Gasteiger partial charge on any atom is -0.395 e. The van der Waals surface area contributed by atoms with Gasteiger partial charge < -0.3 is 20.7 Å². The number of rotatable bonds is 7. The summed E-state index contributed by atoms with van der Waals surface area (Å²) < 4.78 is 0. The number of primary amides is 1. The van der Waals surface area contributed by atoms with Crippen LogP contribution in [0.1, 0.15) is 27.2 Å². The molecular formula is C21H23N3O3. The van der Waals surface area contributed by atoms with Crippen molar-refractivity contribution in [2.24, 2.45) is 5.73 Å². The smallest absolute Gasteiger partial charge is 0.270 e. The summed E-state index contributed by atoms with van der Waals surface area (Å²) in [5, 5.41) is 10.2. The molecule has 0 fully saturated rings. The summed E-state index contributed by atoms with van der Waals surface area (Å²) in [6.45, 7) is 2.41. The predicted molar refractivity (Wildman–Crippen MR) is 104 cm³/mol. The molecule has 2 aromatic carbocycles. The second kappa shape index (κ2) is 8.05. The lowest BCUT2D eigenvalue weighted by atomic mass is 10.1. The van der Waals surface area contributed by atoms with E-state index in [9.17, 15) is 14.7 Å². The highest BCUT2D eigenvalue weighted by atomic mass is 16.3. The van der Waals surface area contributed by atoms with Gasteiger partial charge in [-0.15, -0.1) is 0 Å². The lowest BCUT2D eigenvalue weighted by Crippen LogP contribution is -2.34. The molecule has 0 bridgehead atoms. The van der Waals surface area contributed by atoms with E-state index in [1.165, 1.54) is 0 Å². The third-order valence-electron chi connectivity index (χ3n) is 4.53. The molecule has 3 rings (SSSR count). The number of aromatic amines is 1. The lowest BCUT2D eigenvalue weighted by molar-refractivity contribution is -0.117. The molecule has 0 aliphatic heterocycles. The Labute approximate surface area is 157 Å². The molecule has 6 heteroatoms. The Kier molecular flexibility index (Phi) is 5.57. The van der Waals surface area contributed by atoms with Gasteiger partial charge in [0.1, 0.15) is 5.69 Å². The van der Waals surface area contributed by atoms with Gasteiger partial charge in [-0.2, -0.15) is 0 Å². The van der Waals surface area contributed by atoms with Crippen LogP contribution in [0.2, 0.25) is 0 Å². The number of amides is 2. The summed E-state index contributed by atoms with van der Waals surface area (Å²) in [7, 11) is 0. The number of nitrogens with one attached hydrogen (secondary N) is 1. The van der Waals surface area contributed by atoms with Gasteiger partial charge in [-0.1, -0.05) is 48.0 Å². The van der Waals surface area contributed by atoms with E-state index in [0.717, 1.165) is 22.0 Å². The Morgan fingerprint density at radius 1 is 1.11 bits per heavy atom. The SMILES string of the molecule is Cc1ccc(CN(CCO)C(=O)c2[nH]c3ccccc3c2CC(N)=O)cc1. The van der Waals surface area contributed by atoms with Crippen molar-refractivity contribution in [3.8, 4) is 0 Å². The molecule has 0 atom stereocenters. The number of H-pyrrole nitrogens is 1. The van der Waals surface area contributed by atoms with Crippen LogP contribution in [0.3, 0.4) is 0 Å². The van der Waals surface area contributed by atoms with E-state index >= 15 is 0 Å². The van der Waals surface area contributed by atoms with E-state index in [1.807, 2.05) is 55.5 Å². The number of hydrogen-bond acceptors (Lipinski definition) is 3. The fourth-order valence-electron chi connectivity index (χ4n) is 3.19. The molecule has 1 heterocycles. The number of carbonyl (C=O) groups excluding carboxylic acids is 2. The maximum absolute atomic E-state index is 13.2. The molecule has 0 aliphatic rings. The van der Waals surface area contributed by atoms with Crippen LogP contribution in [0.5, 0.6) is 0 Å². The molecule has 27 heavy (non-hydrogen) atoms. The van der Waals surface area contributed by atoms with Crippen molar-refractivity contribution in [1.82, 2.24) is 9.88 Å². The summed E-state index contributed by atoms with van der Waals surface area (Å²) in [6, 6.07) is 15.3. The van der Waals surface area contributed by atoms with Crippen LogP contribution in [-0.2, 0) is 17.8 Å². The molecule has 0 aliphatic carbocycles. The fraction of sp³-hybridized carbons (Fsp3) is 0.238. The first kappa shape index (κ1) is 18.7. The van der Waals surface area contributed by atoms with E-state index in [2.05, 4.69) is 4.98 Å². The first-order valence-corrected chi connectivity index (χ1v) is 8.83. The molecule has 0 spiro atoms. The molecule has 4 N–H and O–H groups in total. The van der Waals surface area contributed by atoms with Crippen molar-refractivity contribution < 1.29 is 14.7 Å². The molecule has 2 amide bonds. The molecule has 140 valence electrons. The predicted octanol–water partition coefficient (Wildman–Crippen LogP) is 2.14. The van der Waals surface area contributed by atoms with Gasteiger partial charge in [0.2, 0.25) is 5.91 Å². The van der Waals surface area contributed by atoms with Crippen LogP contribution in [-0.4, -0.2) is 40.0 Å². The molecule has 6 nitrogen and oxygen atoms in total. The molecule has 0 saturated heterocycles. The number of aryl methyl sites for hydroxylation is 1. The number of benzene rings is 2. The number of nitrogens with two attached hydrogens (primary N) is 1. The lowest BCUT2D eigenvalue weighted by Gasteiger charge is -2.22. The van der Waals surface area contributed by atoms with E-state index in [-0.39, 0.29) is 25.5 Å². The highest BCUT2D eigenvalue weighted by molar-refractivity contribution is 6.02. The molecular weight excluding hydrogens is 342 g/mol. The minimum atomic E-state index is -0.499. The van der Waals surface area contributed by atoms with Gasteiger partial charge in [0, 0.05) is 24.0 Å². The number of nitrogens with zero attached hydrogens (tertiary/aromatic N) is 1. The van der Waals surface area contributed by atoms with Gasteiger partial charge in [-0.3, -0.25) is 9.59 Å². The summed E-state index contributed by atoms with van der Waals surface area (Å²) in [4.78, 5) is 29.4. The van der Waals surface area contributed by atoms with Crippen LogP contribution >= 0.6 is 0 Å². The van der Waals surface area contributed by atoms with Crippen LogP contribution in [0, 0.1) is 6.92 Å². The average Bonchev–Trinajstić information content (AvgIpc) is 3.00. The maximum Gasteiger partial charge on any atom is 0.270 e. The monoisotopic (exact) mass is 365 g/mol. The zero-order chi connectivity index (χ0) is 19.4. The van der Waals surface area contributed by atoms with Crippen molar-refractivity contribution in [2.75, 3.05) is 13.2 Å². The quantitative estimate of drug-likeness (QED) is 0.598. The summed E-state index contributed by atoms with van der Waals surface area (Å²) >= 11 is 0. The van der Waals surface area contributed by atoms with Crippen LogP contribution < -0.4 is 5.73 Å². The van der Waals surface area contributed by atoms with Gasteiger partial charge in [0.25, 0.3) is 5.91 Å². The van der Waals surface area contributed by atoms with Crippen molar-refractivity contribution in [1.29, 1.82) is 0 Å². The summed E-state index contributed by atoms with van der Waals surface area (Å²) in [5.41, 5.74) is 9.21. The van der Waals surface area contributed by atoms with Gasteiger partial charge in [-0.25, -0.2) is 0 Å². The number of carbonyl (C=O) groups is 2. The summed E-state index contributed by atoms with van der Waals surface area (Å²) in [5.74, 6) is -0.766. The highest BCUT2D eigenvalue weighted by Crippen LogP contribution is 2.24. The molecule has 0 radical (unpaired) electrons. The maximum atomic E-state index is 13.2. The first-order valence-electron chi connectivity index (χ1n) is 8.83. The Balaban J connectivity index is 1.97. The Morgan fingerprint density at radius 3 is 2.48 bits per heavy atom. The second-order valence-corrected chi connectivity index (χ2v) is 6.60. The Bertz CT molecular complexity index is 960. The number of aliphatic hydroxyl groups excluding tert-OH is 1. The third-order valence-corrected chi connectivity index (χ3v) is 4.53. The number of fused-ring (bicyclic) bond motifs is 1. The number of aromatic nitrogens is 1. The first-order chi connectivity index (χ1) is 13.0. The second-order valence-electron chi connectivity index (χ2n) is 6.60. The van der Waals surface area contributed by atoms with Crippen molar-refractivity contribution in [3.63, 3.8) is 0 Å². The number of aliphatic hydroxyl groups is 1. The Hall–Kier alpha value is -3.12. The zero-order valence-corrected chi connectivity index (χ0v) is 15.2. The van der Waals surface area contributed by atoms with Crippen LogP contribution in [0.15, 0.2) is 48.5 Å². The van der Waals surface area contributed by atoms with Gasteiger partial charge in [-0.05, 0) is 24.1 Å². The van der Waals surface area contributed by atoms with Gasteiger partial charge >= 0.3 is 0 Å². The standard InChI is InChI=1S/C21H23N3O3/c1-14-6-8-15(9-7-14)13-24(10-11-25)21(27)20-17(12-19(22)26)16-4-2-3-5-18(16)23-20/h2-9,23,25H,10-13H2,1H3,(H2,22,26). The van der Waals surface area contributed by atoms with E-state index in [0.29, 0.717) is 17.8 Å². The van der Waals surface area contributed by atoms with Crippen LogP contribution in [0.4, 0.5) is 0 Å². The molecule has 0 saturated carbocycles. The average molecular weight is 365 g/mol. The van der Waals surface area contributed by atoms with Crippen molar-refractivity contribution >= 4 is 22.7 Å². The number of hydrogen-bond donors (Lipinski definition) is 3. The summed E-state index contributed by atoms with van der Waals surface area (Å²) in [6.07, 6.45) is -0.0252. The third kappa shape index (κ3) is 4.17. The van der Waals surface area contributed by atoms with E-state index in [4.69, 9.17) is 5.73 Å². The van der Waals surface area contributed by atoms with Gasteiger partial charge in [0.15, 0.2) is 0 Å². The normalized spacial score (nSPS) is 10.9. The molecule has 0 unspecified atom stereocenters. The van der Waals surface area contributed by atoms with Crippen molar-refractivity contribution in [3.05, 3.63) is 70.9 Å². The molecule has 1 aromatic heterocycles. The molecule has 3 aromatic rings.